The summed E-state index contributed by atoms with van der Waals surface area (Å²) in [4.78, 5) is 10.5. The van der Waals surface area contributed by atoms with E-state index in [-0.39, 0.29) is 11.5 Å². The van der Waals surface area contributed by atoms with Crippen LogP contribution in [0.4, 0.5) is 16.3 Å². The molecule has 1 aromatic heterocycles. The minimum atomic E-state index is -1.18. The molecule has 0 spiro atoms. The topological polar surface area (TPSA) is 102 Å². The van der Waals surface area contributed by atoms with Gasteiger partial charge in [0.25, 0.3) is 0 Å². The zero-order valence-electron chi connectivity index (χ0n) is 9.62. The molecule has 1 amide bonds. The molecule has 0 bridgehead atoms. The van der Waals surface area contributed by atoms with Gasteiger partial charge in [-0.1, -0.05) is 0 Å². The number of ether oxygens (including phenoxy) is 1. The van der Waals surface area contributed by atoms with Gasteiger partial charge in [-0.3, -0.25) is 5.32 Å². The molecule has 4 N–H and O–H groups in total. The number of hydrogen-bond acceptors (Lipinski definition) is 4. The summed E-state index contributed by atoms with van der Waals surface area (Å²) in [6.45, 7) is 0. The number of nitrogen functional groups attached to an aromatic ring is 1. The second-order valence-corrected chi connectivity index (χ2v) is 3.50. The lowest BCUT2D eigenvalue weighted by Gasteiger charge is -2.02. The Hall–Kier alpha value is -2.70. The number of methoxy groups -OCH3 is 1. The average Bonchev–Trinajstić information content (AvgIpc) is 2.70. The number of nitrogens with one attached hydrogen (secondary N) is 1. The lowest BCUT2D eigenvalue weighted by Crippen LogP contribution is -2.07. The van der Waals surface area contributed by atoms with Crippen LogP contribution in [0.1, 0.15) is 0 Å². The number of rotatable bonds is 3. The van der Waals surface area contributed by atoms with Crippen LogP contribution in [0.2, 0.25) is 0 Å². The van der Waals surface area contributed by atoms with Crippen LogP contribution >= 0.6 is 0 Å². The minimum absolute atomic E-state index is 0.119. The Morgan fingerprint density at radius 1 is 1.44 bits per heavy atom. The highest BCUT2D eigenvalue weighted by molar-refractivity contribution is 5.86. The first-order valence-electron chi connectivity index (χ1n) is 5.09. The van der Waals surface area contributed by atoms with Crippen molar-refractivity contribution in [3.05, 3.63) is 30.5 Å². The lowest BCUT2D eigenvalue weighted by molar-refractivity contribution is 0.210. The number of nitrogens with zero attached hydrogens (tertiary/aromatic N) is 2. The van der Waals surface area contributed by atoms with Gasteiger partial charge < -0.3 is 15.6 Å². The smallest absolute Gasteiger partial charge is 0.409 e. The van der Waals surface area contributed by atoms with E-state index < -0.39 is 6.09 Å². The van der Waals surface area contributed by atoms with E-state index in [4.69, 9.17) is 15.6 Å². The Kier molecular flexibility index (Phi) is 3.05. The van der Waals surface area contributed by atoms with Gasteiger partial charge in [0.2, 0.25) is 0 Å². The minimum Gasteiger partial charge on any atom is -0.497 e. The highest BCUT2D eigenvalue weighted by atomic mass is 16.5. The Morgan fingerprint density at radius 2 is 2.11 bits per heavy atom. The highest BCUT2D eigenvalue weighted by Gasteiger charge is 2.09. The zero-order chi connectivity index (χ0) is 13.1. The summed E-state index contributed by atoms with van der Waals surface area (Å²) in [6, 6.07) is 7.13. The number of benzene rings is 1. The van der Waals surface area contributed by atoms with Crippen LogP contribution in [-0.4, -0.2) is 28.1 Å². The van der Waals surface area contributed by atoms with Crippen molar-refractivity contribution in [3.8, 4) is 11.4 Å². The number of anilines is 2. The van der Waals surface area contributed by atoms with Crippen molar-refractivity contribution in [2.45, 2.75) is 0 Å². The molecule has 0 saturated carbocycles. The molecule has 0 radical (unpaired) electrons. The molecule has 0 saturated heterocycles. The van der Waals surface area contributed by atoms with Crippen molar-refractivity contribution in [2.75, 3.05) is 18.2 Å². The van der Waals surface area contributed by atoms with E-state index in [0.29, 0.717) is 0 Å². The molecule has 0 fully saturated rings. The van der Waals surface area contributed by atoms with E-state index in [9.17, 15) is 4.79 Å². The van der Waals surface area contributed by atoms with Crippen molar-refractivity contribution < 1.29 is 14.6 Å². The van der Waals surface area contributed by atoms with Crippen LogP contribution in [0.15, 0.2) is 30.5 Å². The monoisotopic (exact) mass is 248 g/mol. The molecule has 7 nitrogen and oxygen atoms in total. The van der Waals surface area contributed by atoms with Gasteiger partial charge in [0.1, 0.15) is 11.4 Å². The van der Waals surface area contributed by atoms with Crippen LogP contribution in [0.3, 0.4) is 0 Å². The van der Waals surface area contributed by atoms with Gasteiger partial charge in [-0.2, -0.15) is 0 Å². The second kappa shape index (κ2) is 4.66. The summed E-state index contributed by atoms with van der Waals surface area (Å²) in [6.07, 6.45) is 0.321. The standard InChI is InChI=1S/C11H12N4O3/c1-18-8-4-2-7(3-5-8)15-6-9(10(12)14-15)13-11(16)17/h2-6,13H,1H3,(H2,12,14)(H,16,17). The number of hydrogen-bond donors (Lipinski definition) is 3. The lowest BCUT2D eigenvalue weighted by atomic mass is 10.3. The summed E-state index contributed by atoms with van der Waals surface area (Å²) in [5.74, 6) is 0.844. The van der Waals surface area contributed by atoms with Crippen LogP contribution in [0.5, 0.6) is 5.75 Å². The predicted molar refractivity (Wildman–Crippen MR) is 66.2 cm³/mol. The molecule has 1 aromatic carbocycles. The maximum absolute atomic E-state index is 10.5. The van der Waals surface area contributed by atoms with Gasteiger partial charge in [0, 0.05) is 0 Å². The number of carbonyl (C=O) groups is 1. The summed E-state index contributed by atoms with van der Waals surface area (Å²) in [7, 11) is 1.58. The van der Waals surface area contributed by atoms with Crippen LogP contribution in [0, 0.1) is 0 Å². The quantitative estimate of drug-likeness (QED) is 0.764. The Balaban J connectivity index is 2.30. The number of nitrogens with two attached hydrogens (primary N) is 1. The van der Waals surface area contributed by atoms with Gasteiger partial charge in [-0.05, 0) is 24.3 Å². The number of carboxylic acid groups (broad SMARTS) is 1. The first-order valence-corrected chi connectivity index (χ1v) is 5.09. The van der Waals surface area contributed by atoms with Crippen molar-refractivity contribution in [1.82, 2.24) is 9.78 Å². The Labute approximate surface area is 103 Å². The molecule has 0 aliphatic carbocycles. The van der Waals surface area contributed by atoms with E-state index in [1.54, 1.807) is 31.4 Å². The highest BCUT2D eigenvalue weighted by Crippen LogP contribution is 2.20. The van der Waals surface area contributed by atoms with E-state index in [1.165, 1.54) is 10.9 Å². The third-order valence-corrected chi connectivity index (χ3v) is 2.32. The van der Waals surface area contributed by atoms with E-state index in [1.807, 2.05) is 0 Å². The van der Waals surface area contributed by atoms with Gasteiger partial charge in [-0.15, -0.1) is 5.10 Å². The first-order chi connectivity index (χ1) is 8.60. The van der Waals surface area contributed by atoms with Gasteiger partial charge in [-0.25, -0.2) is 9.48 Å². The van der Waals surface area contributed by atoms with Gasteiger partial charge in [0.15, 0.2) is 5.82 Å². The average molecular weight is 248 g/mol. The van der Waals surface area contributed by atoms with Gasteiger partial charge in [0.05, 0.1) is 19.0 Å². The fourth-order valence-corrected chi connectivity index (χ4v) is 1.47. The molecule has 94 valence electrons. The fourth-order valence-electron chi connectivity index (χ4n) is 1.47. The molecule has 7 heteroatoms. The summed E-state index contributed by atoms with van der Waals surface area (Å²) in [5.41, 5.74) is 6.60. The Bertz CT molecular complexity index is 562. The molecule has 0 unspecified atom stereocenters. The van der Waals surface area contributed by atoms with Crippen molar-refractivity contribution in [2.24, 2.45) is 0 Å². The maximum atomic E-state index is 10.5. The number of aromatic nitrogens is 2. The van der Waals surface area contributed by atoms with E-state index in [0.717, 1.165) is 11.4 Å². The molecular formula is C11H12N4O3. The van der Waals surface area contributed by atoms with Crippen molar-refractivity contribution in [1.29, 1.82) is 0 Å². The van der Waals surface area contributed by atoms with E-state index >= 15 is 0 Å². The Morgan fingerprint density at radius 3 is 2.67 bits per heavy atom. The zero-order valence-corrected chi connectivity index (χ0v) is 9.62. The van der Waals surface area contributed by atoms with Crippen LogP contribution in [0.25, 0.3) is 5.69 Å². The molecule has 18 heavy (non-hydrogen) atoms. The van der Waals surface area contributed by atoms with Crippen LogP contribution < -0.4 is 15.8 Å². The molecule has 0 atom stereocenters. The van der Waals surface area contributed by atoms with Crippen molar-refractivity contribution in [3.63, 3.8) is 0 Å². The normalized spacial score (nSPS) is 10.1. The largest absolute Gasteiger partial charge is 0.497 e. The molecule has 2 aromatic rings. The van der Waals surface area contributed by atoms with Gasteiger partial charge >= 0.3 is 6.09 Å². The third-order valence-electron chi connectivity index (χ3n) is 2.32. The third kappa shape index (κ3) is 2.34. The summed E-state index contributed by atoms with van der Waals surface area (Å²) < 4.78 is 6.53. The first kappa shape index (κ1) is 11.8. The predicted octanol–water partition coefficient (Wildman–Crippen LogP) is 1.55. The SMILES string of the molecule is COc1ccc(-n2cc(NC(=O)O)c(N)n2)cc1. The summed E-state index contributed by atoms with van der Waals surface area (Å²) in [5, 5.41) is 14.8. The summed E-state index contributed by atoms with van der Waals surface area (Å²) >= 11 is 0. The molecular weight excluding hydrogens is 236 g/mol. The molecule has 2 rings (SSSR count). The number of amides is 1. The second-order valence-electron chi connectivity index (χ2n) is 3.50. The fraction of sp³-hybridized carbons (Fsp3) is 0.0909. The molecule has 0 aliphatic heterocycles. The van der Waals surface area contributed by atoms with Crippen molar-refractivity contribution >= 4 is 17.6 Å². The van der Waals surface area contributed by atoms with E-state index in [2.05, 4.69) is 10.4 Å². The molecule has 0 aliphatic rings. The molecule has 1 heterocycles. The van der Waals surface area contributed by atoms with Crippen LogP contribution in [-0.2, 0) is 0 Å². The maximum Gasteiger partial charge on any atom is 0.409 e.